The molecule has 1 aliphatic rings. The molecule has 1 atom stereocenters. The summed E-state index contributed by atoms with van der Waals surface area (Å²) in [5.74, 6) is 0. The van der Waals surface area contributed by atoms with E-state index in [-0.39, 0.29) is 6.09 Å². The Balaban J connectivity index is 2.08. The topological polar surface area (TPSA) is 49.8 Å². The predicted octanol–water partition coefficient (Wildman–Crippen LogP) is 1.74. The number of nitrogens with zero attached hydrogens (tertiary/aromatic N) is 1. The second kappa shape index (κ2) is 4.75. The Labute approximate surface area is 101 Å². The summed E-state index contributed by atoms with van der Waals surface area (Å²) in [5, 5.41) is 10.5. The molecule has 0 saturated carbocycles. The molecule has 17 heavy (non-hydrogen) atoms. The lowest BCUT2D eigenvalue weighted by molar-refractivity contribution is 0.0423. The predicted molar refractivity (Wildman–Crippen MR) is 63.6 cm³/mol. The molecular formula is C13H17NO3. The van der Waals surface area contributed by atoms with E-state index in [4.69, 9.17) is 4.74 Å². The van der Waals surface area contributed by atoms with E-state index < -0.39 is 5.60 Å². The van der Waals surface area contributed by atoms with Gasteiger partial charge in [0.1, 0.15) is 5.60 Å². The lowest BCUT2D eigenvalue weighted by Crippen LogP contribution is -2.34. The van der Waals surface area contributed by atoms with E-state index in [2.05, 4.69) is 0 Å². The molecular weight excluding hydrogens is 218 g/mol. The first-order valence-corrected chi connectivity index (χ1v) is 5.85. The fraction of sp³-hybridized carbons (Fsp3) is 0.462. The van der Waals surface area contributed by atoms with Gasteiger partial charge in [-0.25, -0.2) is 4.79 Å². The smallest absolute Gasteiger partial charge is 0.409 e. The van der Waals surface area contributed by atoms with E-state index in [0.29, 0.717) is 26.1 Å². The number of rotatable bonds is 2. The Bertz CT molecular complexity index is 393. The first-order chi connectivity index (χ1) is 8.15. The zero-order valence-corrected chi connectivity index (χ0v) is 9.93. The second-order valence-electron chi connectivity index (χ2n) is 4.27. The van der Waals surface area contributed by atoms with Crippen LogP contribution in [0.3, 0.4) is 0 Å². The highest BCUT2D eigenvalue weighted by Crippen LogP contribution is 2.31. The summed E-state index contributed by atoms with van der Waals surface area (Å²) in [6.45, 7) is 2.97. The molecule has 0 aliphatic carbocycles. The van der Waals surface area contributed by atoms with Gasteiger partial charge in [0.25, 0.3) is 0 Å². The van der Waals surface area contributed by atoms with Crippen LogP contribution in [0.2, 0.25) is 0 Å². The summed E-state index contributed by atoms with van der Waals surface area (Å²) < 4.78 is 4.93. The fourth-order valence-electron chi connectivity index (χ4n) is 2.15. The van der Waals surface area contributed by atoms with E-state index in [1.807, 2.05) is 30.3 Å². The molecule has 4 nitrogen and oxygen atoms in total. The number of hydrogen-bond acceptors (Lipinski definition) is 3. The maximum absolute atomic E-state index is 11.6. The minimum Gasteiger partial charge on any atom is -0.450 e. The zero-order chi connectivity index (χ0) is 12.3. The molecule has 1 heterocycles. The van der Waals surface area contributed by atoms with Crippen LogP contribution < -0.4 is 0 Å². The van der Waals surface area contributed by atoms with Crippen molar-refractivity contribution in [1.82, 2.24) is 4.90 Å². The highest BCUT2D eigenvalue weighted by molar-refractivity contribution is 5.68. The first kappa shape index (κ1) is 11.9. The van der Waals surface area contributed by atoms with Gasteiger partial charge in [0.15, 0.2) is 0 Å². The minimum atomic E-state index is -0.936. The molecule has 1 aromatic carbocycles. The number of carbonyl (C=O) groups is 1. The largest absolute Gasteiger partial charge is 0.450 e. The molecule has 2 rings (SSSR count). The number of aliphatic hydroxyl groups is 1. The van der Waals surface area contributed by atoms with Gasteiger partial charge in [-0.05, 0) is 18.9 Å². The first-order valence-electron chi connectivity index (χ1n) is 5.85. The van der Waals surface area contributed by atoms with Crippen LogP contribution in [-0.2, 0) is 10.3 Å². The highest BCUT2D eigenvalue weighted by Gasteiger charge is 2.39. The standard InChI is InChI=1S/C13H17NO3/c1-2-17-12(15)14-9-8-13(16,10-14)11-6-4-3-5-7-11/h3-7,16H,2,8-10H2,1H3/t13-/m1/s1. The number of likely N-dealkylation sites (tertiary alicyclic amines) is 1. The molecule has 0 spiro atoms. The minimum absolute atomic E-state index is 0.301. The van der Waals surface area contributed by atoms with E-state index in [1.165, 1.54) is 0 Å². The fourth-order valence-corrected chi connectivity index (χ4v) is 2.15. The molecule has 1 aliphatic heterocycles. The summed E-state index contributed by atoms with van der Waals surface area (Å²) >= 11 is 0. The van der Waals surface area contributed by atoms with Crippen molar-refractivity contribution in [3.8, 4) is 0 Å². The molecule has 0 aromatic heterocycles. The van der Waals surface area contributed by atoms with Crippen molar-refractivity contribution in [3.05, 3.63) is 35.9 Å². The lowest BCUT2D eigenvalue weighted by Gasteiger charge is -2.23. The van der Waals surface area contributed by atoms with Crippen LogP contribution in [0, 0.1) is 0 Å². The molecule has 0 bridgehead atoms. The van der Waals surface area contributed by atoms with Gasteiger partial charge in [-0.3, -0.25) is 0 Å². The molecule has 1 saturated heterocycles. The Kier molecular flexibility index (Phi) is 3.33. The third kappa shape index (κ3) is 2.42. The normalized spacial score (nSPS) is 23.8. The maximum Gasteiger partial charge on any atom is 0.409 e. The molecule has 1 aromatic rings. The van der Waals surface area contributed by atoms with Crippen molar-refractivity contribution >= 4 is 6.09 Å². The molecule has 4 heteroatoms. The lowest BCUT2D eigenvalue weighted by atomic mass is 9.93. The van der Waals surface area contributed by atoms with E-state index in [9.17, 15) is 9.90 Å². The Morgan fingerprint density at radius 2 is 2.18 bits per heavy atom. The van der Waals surface area contributed by atoms with Crippen LogP contribution in [0.25, 0.3) is 0 Å². The van der Waals surface area contributed by atoms with Gasteiger partial charge in [-0.2, -0.15) is 0 Å². The number of ether oxygens (including phenoxy) is 1. The van der Waals surface area contributed by atoms with Crippen molar-refractivity contribution in [2.75, 3.05) is 19.7 Å². The van der Waals surface area contributed by atoms with Crippen LogP contribution in [0.4, 0.5) is 4.79 Å². The van der Waals surface area contributed by atoms with Crippen LogP contribution in [0.5, 0.6) is 0 Å². The average molecular weight is 235 g/mol. The van der Waals surface area contributed by atoms with Gasteiger partial charge < -0.3 is 14.7 Å². The molecule has 1 N–H and O–H groups in total. The van der Waals surface area contributed by atoms with Gasteiger partial charge in [0.2, 0.25) is 0 Å². The molecule has 92 valence electrons. The summed E-state index contributed by atoms with van der Waals surface area (Å²) in [6, 6.07) is 9.45. The molecule has 0 radical (unpaired) electrons. The van der Waals surface area contributed by atoms with Crippen molar-refractivity contribution < 1.29 is 14.6 Å². The van der Waals surface area contributed by atoms with Crippen LogP contribution in [-0.4, -0.2) is 35.8 Å². The SMILES string of the molecule is CCOC(=O)N1CC[C@](O)(c2ccccc2)C1. The number of hydrogen-bond donors (Lipinski definition) is 1. The van der Waals surface area contributed by atoms with Crippen molar-refractivity contribution in [1.29, 1.82) is 0 Å². The van der Waals surface area contributed by atoms with Crippen molar-refractivity contribution in [3.63, 3.8) is 0 Å². The van der Waals surface area contributed by atoms with Gasteiger partial charge in [-0.1, -0.05) is 30.3 Å². The van der Waals surface area contributed by atoms with Crippen molar-refractivity contribution in [2.24, 2.45) is 0 Å². The number of benzene rings is 1. The monoisotopic (exact) mass is 235 g/mol. The summed E-state index contributed by atoms with van der Waals surface area (Å²) in [7, 11) is 0. The average Bonchev–Trinajstić information content (AvgIpc) is 2.75. The maximum atomic E-state index is 11.6. The summed E-state index contributed by atoms with van der Waals surface area (Å²) in [6.07, 6.45) is 0.204. The Hall–Kier alpha value is -1.55. The van der Waals surface area contributed by atoms with Crippen molar-refractivity contribution in [2.45, 2.75) is 18.9 Å². The molecule has 1 fully saturated rings. The number of amides is 1. The van der Waals surface area contributed by atoms with Gasteiger partial charge in [0.05, 0.1) is 13.2 Å². The van der Waals surface area contributed by atoms with E-state index >= 15 is 0 Å². The zero-order valence-electron chi connectivity index (χ0n) is 9.93. The quantitative estimate of drug-likeness (QED) is 0.849. The van der Waals surface area contributed by atoms with E-state index in [1.54, 1.807) is 11.8 Å². The molecule has 0 unspecified atom stereocenters. The van der Waals surface area contributed by atoms with Crippen LogP contribution >= 0.6 is 0 Å². The second-order valence-corrected chi connectivity index (χ2v) is 4.27. The molecule has 1 amide bonds. The number of β-amino-alcohol motifs (C(OH)–C–C–N with tert-alkyl or cyclic N) is 1. The Morgan fingerprint density at radius 3 is 2.82 bits per heavy atom. The highest BCUT2D eigenvalue weighted by atomic mass is 16.6. The number of carbonyl (C=O) groups excluding carboxylic acids is 1. The summed E-state index contributed by atoms with van der Waals surface area (Å²) in [5.41, 5.74) is -0.0830. The summed E-state index contributed by atoms with van der Waals surface area (Å²) in [4.78, 5) is 13.1. The van der Waals surface area contributed by atoms with Gasteiger partial charge >= 0.3 is 6.09 Å². The van der Waals surface area contributed by atoms with Gasteiger partial charge in [0, 0.05) is 6.54 Å². The van der Waals surface area contributed by atoms with Crippen LogP contribution in [0.15, 0.2) is 30.3 Å². The third-order valence-corrected chi connectivity index (χ3v) is 3.08. The van der Waals surface area contributed by atoms with Crippen LogP contribution in [0.1, 0.15) is 18.9 Å². The third-order valence-electron chi connectivity index (χ3n) is 3.08. The van der Waals surface area contributed by atoms with Gasteiger partial charge in [-0.15, -0.1) is 0 Å². The van der Waals surface area contributed by atoms with E-state index in [0.717, 1.165) is 5.56 Å². The Morgan fingerprint density at radius 1 is 1.47 bits per heavy atom.